The number of aliphatic carboxylic acids is 1. The van der Waals surface area contributed by atoms with E-state index in [1.54, 1.807) is 20.8 Å². The molecule has 8 nitrogen and oxygen atoms in total. The SMILES string of the molecule is CCCNC(=O)N1CCC(NC(=O)OC(C)(C)C)(C(=O)O)C1. The van der Waals surface area contributed by atoms with Crippen molar-refractivity contribution >= 4 is 18.1 Å². The van der Waals surface area contributed by atoms with Gasteiger partial charge in [-0.25, -0.2) is 14.4 Å². The molecule has 1 heterocycles. The number of alkyl carbamates (subject to hydrolysis) is 1. The number of amides is 3. The van der Waals surface area contributed by atoms with E-state index in [1.165, 1.54) is 4.90 Å². The van der Waals surface area contributed by atoms with Gasteiger partial charge >= 0.3 is 18.1 Å². The maximum Gasteiger partial charge on any atom is 0.408 e. The molecule has 1 atom stereocenters. The molecule has 1 aliphatic heterocycles. The fourth-order valence-corrected chi connectivity index (χ4v) is 2.16. The van der Waals surface area contributed by atoms with Gasteiger partial charge in [-0.05, 0) is 27.2 Å². The van der Waals surface area contributed by atoms with E-state index in [-0.39, 0.29) is 25.5 Å². The molecular formula is C14H25N3O5. The van der Waals surface area contributed by atoms with E-state index in [2.05, 4.69) is 10.6 Å². The number of carbonyl (C=O) groups is 3. The first kappa shape index (κ1) is 18.1. The minimum atomic E-state index is -1.51. The first-order valence-corrected chi connectivity index (χ1v) is 7.37. The smallest absolute Gasteiger partial charge is 0.408 e. The van der Waals surface area contributed by atoms with Crippen LogP contribution in [0.2, 0.25) is 0 Å². The Kier molecular flexibility index (Phi) is 5.62. The van der Waals surface area contributed by atoms with E-state index in [0.29, 0.717) is 6.54 Å². The van der Waals surface area contributed by atoms with Crippen LogP contribution >= 0.6 is 0 Å². The third kappa shape index (κ3) is 4.78. The highest BCUT2D eigenvalue weighted by molar-refractivity contribution is 5.87. The van der Waals surface area contributed by atoms with E-state index in [4.69, 9.17) is 4.74 Å². The summed E-state index contributed by atoms with van der Waals surface area (Å²) in [5, 5.41) is 14.6. The van der Waals surface area contributed by atoms with Gasteiger partial charge in [-0.15, -0.1) is 0 Å². The number of nitrogens with one attached hydrogen (secondary N) is 2. The first-order valence-electron chi connectivity index (χ1n) is 7.37. The molecule has 0 saturated carbocycles. The standard InChI is InChI=1S/C14H25N3O5/c1-5-7-15-11(20)17-8-6-14(9-17,10(18)19)16-12(21)22-13(2,3)4/h5-9H2,1-4H3,(H,15,20)(H,16,21)(H,18,19). The van der Waals surface area contributed by atoms with Gasteiger partial charge in [-0.3, -0.25) is 0 Å². The molecule has 1 fully saturated rings. The second-order valence-electron chi connectivity index (χ2n) is 6.42. The average Bonchev–Trinajstić information content (AvgIpc) is 2.79. The predicted octanol–water partition coefficient (Wildman–Crippen LogP) is 1.16. The van der Waals surface area contributed by atoms with Crippen LogP contribution in [-0.2, 0) is 9.53 Å². The normalized spacial score (nSPS) is 21.4. The van der Waals surface area contributed by atoms with Crippen molar-refractivity contribution in [1.82, 2.24) is 15.5 Å². The molecule has 1 saturated heterocycles. The molecule has 22 heavy (non-hydrogen) atoms. The lowest BCUT2D eigenvalue weighted by atomic mass is 9.99. The Bertz CT molecular complexity index is 446. The van der Waals surface area contributed by atoms with Crippen molar-refractivity contribution in [3.05, 3.63) is 0 Å². The van der Waals surface area contributed by atoms with Crippen molar-refractivity contribution in [2.24, 2.45) is 0 Å². The van der Waals surface area contributed by atoms with Gasteiger partial charge in [0.1, 0.15) is 5.60 Å². The Hall–Kier alpha value is -1.99. The lowest BCUT2D eigenvalue weighted by molar-refractivity contribution is -0.144. The summed E-state index contributed by atoms with van der Waals surface area (Å²) >= 11 is 0. The number of hydrogen-bond donors (Lipinski definition) is 3. The van der Waals surface area contributed by atoms with Crippen LogP contribution in [0.15, 0.2) is 0 Å². The van der Waals surface area contributed by atoms with Crippen LogP contribution in [0, 0.1) is 0 Å². The van der Waals surface area contributed by atoms with Gasteiger partial charge in [0, 0.05) is 19.5 Å². The van der Waals surface area contributed by atoms with Gasteiger partial charge in [0.25, 0.3) is 0 Å². The quantitative estimate of drug-likeness (QED) is 0.721. The number of likely N-dealkylation sites (tertiary alicyclic amines) is 1. The lowest BCUT2D eigenvalue weighted by Crippen LogP contribution is -2.57. The molecule has 1 aliphatic rings. The fourth-order valence-electron chi connectivity index (χ4n) is 2.16. The Balaban J connectivity index is 2.72. The van der Waals surface area contributed by atoms with E-state index in [1.807, 2.05) is 6.92 Å². The molecular weight excluding hydrogens is 290 g/mol. The highest BCUT2D eigenvalue weighted by Gasteiger charge is 2.48. The second-order valence-corrected chi connectivity index (χ2v) is 6.42. The summed E-state index contributed by atoms with van der Waals surface area (Å²) in [7, 11) is 0. The van der Waals surface area contributed by atoms with Crippen LogP contribution < -0.4 is 10.6 Å². The molecule has 3 amide bonds. The zero-order valence-electron chi connectivity index (χ0n) is 13.6. The van der Waals surface area contributed by atoms with Gasteiger partial charge in [0.05, 0.1) is 6.54 Å². The monoisotopic (exact) mass is 315 g/mol. The van der Waals surface area contributed by atoms with Crippen molar-refractivity contribution in [2.45, 2.75) is 51.7 Å². The highest BCUT2D eigenvalue weighted by atomic mass is 16.6. The maximum absolute atomic E-state index is 11.9. The summed E-state index contributed by atoms with van der Waals surface area (Å²) in [6.45, 7) is 7.71. The predicted molar refractivity (Wildman–Crippen MR) is 79.6 cm³/mol. The number of carboxylic acid groups (broad SMARTS) is 1. The molecule has 0 aromatic heterocycles. The zero-order valence-corrected chi connectivity index (χ0v) is 13.6. The number of urea groups is 1. The number of nitrogens with zero attached hydrogens (tertiary/aromatic N) is 1. The minimum Gasteiger partial charge on any atom is -0.479 e. The van der Waals surface area contributed by atoms with Crippen molar-refractivity contribution < 1.29 is 24.2 Å². The van der Waals surface area contributed by atoms with Gasteiger partial charge in [0.15, 0.2) is 5.54 Å². The second kappa shape index (κ2) is 6.85. The van der Waals surface area contributed by atoms with Gasteiger partial charge in [-0.1, -0.05) is 6.92 Å². The van der Waals surface area contributed by atoms with Crippen molar-refractivity contribution in [2.75, 3.05) is 19.6 Å². The van der Waals surface area contributed by atoms with Crippen LogP contribution in [0.4, 0.5) is 9.59 Å². The maximum atomic E-state index is 11.9. The zero-order chi connectivity index (χ0) is 17.0. The summed E-state index contributed by atoms with van der Waals surface area (Å²) < 4.78 is 5.10. The molecule has 0 spiro atoms. The summed E-state index contributed by atoms with van der Waals surface area (Å²) in [6.07, 6.45) is 0.131. The van der Waals surface area contributed by atoms with Gasteiger partial charge in [-0.2, -0.15) is 0 Å². The number of carboxylic acids is 1. The van der Waals surface area contributed by atoms with E-state index < -0.39 is 23.2 Å². The molecule has 0 aromatic rings. The summed E-state index contributed by atoms with van der Waals surface area (Å²) in [5.41, 5.74) is -2.23. The lowest BCUT2D eigenvalue weighted by Gasteiger charge is -2.28. The fraction of sp³-hybridized carbons (Fsp3) is 0.786. The molecule has 0 bridgehead atoms. The molecule has 3 N–H and O–H groups in total. The molecule has 126 valence electrons. The first-order chi connectivity index (χ1) is 10.1. The average molecular weight is 315 g/mol. The van der Waals surface area contributed by atoms with Crippen molar-refractivity contribution in [1.29, 1.82) is 0 Å². The minimum absolute atomic E-state index is 0.0862. The Morgan fingerprint density at radius 2 is 1.95 bits per heavy atom. The molecule has 0 aromatic carbocycles. The van der Waals surface area contributed by atoms with E-state index >= 15 is 0 Å². The number of ether oxygens (including phenoxy) is 1. The Labute approximate surface area is 130 Å². The van der Waals surface area contributed by atoms with Crippen molar-refractivity contribution in [3.8, 4) is 0 Å². The van der Waals surface area contributed by atoms with E-state index in [0.717, 1.165) is 6.42 Å². The number of hydrogen-bond acceptors (Lipinski definition) is 4. The summed E-state index contributed by atoms with van der Waals surface area (Å²) in [6, 6.07) is -0.323. The largest absolute Gasteiger partial charge is 0.479 e. The van der Waals surface area contributed by atoms with Crippen LogP contribution in [0.25, 0.3) is 0 Å². The van der Waals surface area contributed by atoms with Gasteiger partial charge in [0.2, 0.25) is 0 Å². The van der Waals surface area contributed by atoms with E-state index in [9.17, 15) is 19.5 Å². The topological polar surface area (TPSA) is 108 Å². The molecule has 1 rings (SSSR count). The molecule has 0 aliphatic carbocycles. The third-order valence-corrected chi connectivity index (χ3v) is 3.23. The number of carbonyl (C=O) groups excluding carboxylic acids is 2. The summed E-state index contributed by atoms with van der Waals surface area (Å²) in [4.78, 5) is 36.7. The molecule has 1 unspecified atom stereocenters. The highest BCUT2D eigenvalue weighted by Crippen LogP contribution is 2.23. The van der Waals surface area contributed by atoms with Gasteiger partial charge < -0.3 is 25.4 Å². The number of rotatable bonds is 4. The third-order valence-electron chi connectivity index (χ3n) is 3.23. The summed E-state index contributed by atoms with van der Waals surface area (Å²) in [5.74, 6) is -1.18. The Morgan fingerprint density at radius 1 is 1.32 bits per heavy atom. The molecule has 8 heteroatoms. The van der Waals surface area contributed by atoms with Crippen LogP contribution in [0.5, 0.6) is 0 Å². The van der Waals surface area contributed by atoms with Crippen LogP contribution in [0.3, 0.4) is 0 Å². The van der Waals surface area contributed by atoms with Crippen molar-refractivity contribution in [3.63, 3.8) is 0 Å². The van der Waals surface area contributed by atoms with Crippen LogP contribution in [0.1, 0.15) is 40.5 Å². The molecule has 0 radical (unpaired) electrons. The van der Waals surface area contributed by atoms with Crippen LogP contribution in [-0.4, -0.2) is 58.9 Å². The Morgan fingerprint density at radius 3 is 2.45 bits per heavy atom.